The molecule has 3 rings (SSSR count). The number of carbonyl (C=O) groups excluding carboxylic acids is 1. The quantitative estimate of drug-likeness (QED) is 0.513. The van der Waals surface area contributed by atoms with Gasteiger partial charge < -0.3 is 19.9 Å². The first-order valence-corrected chi connectivity index (χ1v) is 10.2. The number of ether oxygens (including phenoxy) is 2. The van der Waals surface area contributed by atoms with Gasteiger partial charge in [-0.05, 0) is 36.8 Å². The summed E-state index contributed by atoms with van der Waals surface area (Å²) < 4.78 is 10.7. The Hall–Kier alpha value is -3.58. The number of aryl methyl sites for hydroxylation is 1. The molecule has 2 aromatic carbocycles. The summed E-state index contributed by atoms with van der Waals surface area (Å²) in [7, 11) is 3.01. The maximum absolute atomic E-state index is 13.0. The molecule has 8 heteroatoms. The molecule has 1 atom stereocenters. The van der Waals surface area contributed by atoms with Crippen molar-refractivity contribution in [2.45, 2.75) is 19.4 Å². The van der Waals surface area contributed by atoms with Crippen molar-refractivity contribution in [1.82, 2.24) is 10.3 Å². The van der Waals surface area contributed by atoms with E-state index < -0.39 is 17.9 Å². The zero-order valence-corrected chi connectivity index (χ0v) is 18.6. The first kappa shape index (κ1) is 23.1. The molecule has 0 aliphatic carbocycles. The van der Waals surface area contributed by atoms with Crippen molar-refractivity contribution in [2.24, 2.45) is 0 Å². The van der Waals surface area contributed by atoms with Gasteiger partial charge in [0.2, 0.25) is 0 Å². The molecule has 0 radical (unpaired) electrons. The van der Waals surface area contributed by atoms with Crippen LogP contribution in [0.15, 0.2) is 54.6 Å². The van der Waals surface area contributed by atoms with Crippen LogP contribution in [0, 0.1) is 6.92 Å². The topological polar surface area (TPSA) is 97.8 Å². The van der Waals surface area contributed by atoms with Crippen LogP contribution in [0.5, 0.6) is 11.5 Å². The zero-order valence-electron chi connectivity index (χ0n) is 17.9. The number of methoxy groups -OCH3 is 2. The van der Waals surface area contributed by atoms with Crippen LogP contribution in [0.3, 0.4) is 0 Å². The number of halogens is 1. The molecule has 0 spiro atoms. The Kier molecular flexibility index (Phi) is 7.33. The number of carboxylic acid groups (broad SMARTS) is 1. The number of rotatable bonds is 8. The summed E-state index contributed by atoms with van der Waals surface area (Å²) in [5, 5.41) is 12.5. The van der Waals surface area contributed by atoms with E-state index in [1.54, 1.807) is 36.4 Å². The lowest BCUT2D eigenvalue weighted by molar-refractivity contribution is -0.137. The molecule has 3 aromatic rings. The Morgan fingerprint density at radius 3 is 2.34 bits per heavy atom. The van der Waals surface area contributed by atoms with Gasteiger partial charge in [-0.15, -0.1) is 0 Å². The van der Waals surface area contributed by atoms with Crippen molar-refractivity contribution < 1.29 is 24.2 Å². The molecule has 0 aliphatic heterocycles. The van der Waals surface area contributed by atoms with Crippen molar-refractivity contribution in [1.29, 1.82) is 0 Å². The molecule has 1 heterocycles. The van der Waals surface area contributed by atoms with Crippen LogP contribution in [0.1, 0.15) is 34.1 Å². The van der Waals surface area contributed by atoms with E-state index in [0.29, 0.717) is 33.3 Å². The highest BCUT2D eigenvalue weighted by atomic mass is 35.5. The number of amides is 1. The lowest BCUT2D eigenvalue weighted by atomic mass is 10.0. The van der Waals surface area contributed by atoms with Gasteiger partial charge in [-0.3, -0.25) is 9.59 Å². The van der Waals surface area contributed by atoms with E-state index in [9.17, 15) is 14.7 Å². The van der Waals surface area contributed by atoms with E-state index in [2.05, 4.69) is 10.3 Å². The van der Waals surface area contributed by atoms with Crippen molar-refractivity contribution in [2.75, 3.05) is 14.2 Å². The summed E-state index contributed by atoms with van der Waals surface area (Å²) in [6.07, 6.45) is -0.258. The molecule has 0 saturated carbocycles. The number of carboxylic acids is 1. The predicted molar refractivity (Wildman–Crippen MR) is 121 cm³/mol. The average molecular weight is 455 g/mol. The molecule has 1 aromatic heterocycles. The monoisotopic (exact) mass is 454 g/mol. The maximum atomic E-state index is 13.0. The van der Waals surface area contributed by atoms with Crippen LogP contribution in [-0.2, 0) is 4.79 Å². The molecular weight excluding hydrogens is 432 g/mol. The van der Waals surface area contributed by atoms with Crippen LogP contribution >= 0.6 is 11.6 Å². The Morgan fingerprint density at radius 2 is 1.72 bits per heavy atom. The zero-order chi connectivity index (χ0) is 23.3. The Balaban J connectivity index is 1.94. The molecule has 0 saturated heterocycles. The van der Waals surface area contributed by atoms with Gasteiger partial charge in [0.15, 0.2) is 0 Å². The summed E-state index contributed by atoms with van der Waals surface area (Å²) in [4.78, 5) is 28.8. The predicted octanol–water partition coefficient (Wildman–Crippen LogP) is 4.67. The summed E-state index contributed by atoms with van der Waals surface area (Å²) in [6, 6.07) is 14.9. The van der Waals surface area contributed by atoms with Crippen molar-refractivity contribution in [3.63, 3.8) is 0 Å². The number of nitrogens with zero attached hydrogens (tertiary/aromatic N) is 1. The number of pyridine rings is 1. The molecule has 0 fully saturated rings. The summed E-state index contributed by atoms with van der Waals surface area (Å²) >= 11 is 6.12. The summed E-state index contributed by atoms with van der Waals surface area (Å²) in [5.74, 6) is -0.593. The van der Waals surface area contributed by atoms with Gasteiger partial charge in [0.1, 0.15) is 22.9 Å². The lowest BCUT2D eigenvalue weighted by Crippen LogP contribution is -2.30. The molecule has 166 valence electrons. The van der Waals surface area contributed by atoms with E-state index in [4.69, 9.17) is 21.1 Å². The maximum Gasteiger partial charge on any atom is 0.305 e. The molecule has 32 heavy (non-hydrogen) atoms. The summed E-state index contributed by atoms with van der Waals surface area (Å²) in [5.41, 5.74) is 2.94. The van der Waals surface area contributed by atoms with Crippen LogP contribution in [-0.4, -0.2) is 36.2 Å². The molecule has 0 bridgehead atoms. The van der Waals surface area contributed by atoms with Crippen molar-refractivity contribution >= 4 is 23.5 Å². The minimum atomic E-state index is -1.02. The molecule has 1 amide bonds. The fourth-order valence-corrected chi connectivity index (χ4v) is 3.40. The van der Waals surface area contributed by atoms with Crippen LogP contribution < -0.4 is 14.8 Å². The Bertz CT molecular complexity index is 1130. The van der Waals surface area contributed by atoms with E-state index in [1.807, 2.05) is 19.1 Å². The van der Waals surface area contributed by atoms with Gasteiger partial charge in [0, 0.05) is 5.56 Å². The minimum absolute atomic E-state index is 0.122. The van der Waals surface area contributed by atoms with Crippen molar-refractivity contribution in [3.8, 4) is 22.8 Å². The van der Waals surface area contributed by atoms with E-state index in [-0.39, 0.29) is 12.1 Å². The van der Waals surface area contributed by atoms with E-state index >= 15 is 0 Å². The SMILES string of the molecule is COc1cc(-c2nc(C(=O)NC(CC(=O)O)c3ccc(C)cc3)ccc2OC)ccc1Cl. The first-order valence-electron chi connectivity index (χ1n) is 9.80. The van der Waals surface area contributed by atoms with Gasteiger partial charge in [-0.25, -0.2) is 4.98 Å². The van der Waals surface area contributed by atoms with Gasteiger partial charge in [0.05, 0.1) is 31.7 Å². The lowest BCUT2D eigenvalue weighted by Gasteiger charge is -2.18. The molecule has 0 aliphatic rings. The highest BCUT2D eigenvalue weighted by Gasteiger charge is 2.21. The third kappa shape index (κ3) is 5.36. The highest BCUT2D eigenvalue weighted by molar-refractivity contribution is 6.32. The standard InChI is InChI=1S/C24H23ClN2O5/c1-14-4-6-15(7-5-14)19(13-22(28)29)27-24(30)18-10-11-20(31-2)23(26-18)16-8-9-17(25)21(12-16)32-3/h4-12,19H,13H2,1-3H3,(H,27,30)(H,28,29). The third-order valence-electron chi connectivity index (χ3n) is 4.90. The van der Waals surface area contributed by atoms with Gasteiger partial charge in [-0.1, -0.05) is 47.5 Å². The molecule has 1 unspecified atom stereocenters. The Labute approximate surface area is 191 Å². The number of hydrogen-bond donors (Lipinski definition) is 2. The summed E-state index contributed by atoms with van der Waals surface area (Å²) in [6.45, 7) is 1.93. The number of aliphatic carboxylic acids is 1. The smallest absolute Gasteiger partial charge is 0.305 e. The van der Waals surface area contributed by atoms with Gasteiger partial charge >= 0.3 is 5.97 Å². The fourth-order valence-electron chi connectivity index (χ4n) is 3.21. The van der Waals surface area contributed by atoms with Crippen LogP contribution in [0.4, 0.5) is 0 Å². The van der Waals surface area contributed by atoms with E-state index in [0.717, 1.165) is 5.56 Å². The second-order valence-corrected chi connectivity index (χ2v) is 7.54. The van der Waals surface area contributed by atoms with Crippen LogP contribution in [0.25, 0.3) is 11.3 Å². The van der Waals surface area contributed by atoms with Gasteiger partial charge in [-0.2, -0.15) is 0 Å². The van der Waals surface area contributed by atoms with E-state index in [1.165, 1.54) is 20.3 Å². The second kappa shape index (κ2) is 10.2. The van der Waals surface area contributed by atoms with Crippen LogP contribution in [0.2, 0.25) is 5.02 Å². The molecule has 2 N–H and O–H groups in total. The minimum Gasteiger partial charge on any atom is -0.495 e. The largest absolute Gasteiger partial charge is 0.495 e. The molecular formula is C24H23ClN2O5. The first-order chi connectivity index (χ1) is 15.3. The van der Waals surface area contributed by atoms with Gasteiger partial charge in [0.25, 0.3) is 5.91 Å². The molecule has 7 nitrogen and oxygen atoms in total. The number of hydrogen-bond acceptors (Lipinski definition) is 5. The second-order valence-electron chi connectivity index (χ2n) is 7.13. The van der Waals surface area contributed by atoms with Crippen molar-refractivity contribution in [3.05, 3.63) is 76.4 Å². The number of aromatic nitrogens is 1. The number of benzene rings is 2. The fraction of sp³-hybridized carbons (Fsp3) is 0.208. The highest BCUT2D eigenvalue weighted by Crippen LogP contribution is 2.34. The Morgan fingerprint density at radius 1 is 1.03 bits per heavy atom. The number of carbonyl (C=O) groups is 2. The number of nitrogens with one attached hydrogen (secondary N) is 1. The third-order valence-corrected chi connectivity index (χ3v) is 5.21. The average Bonchev–Trinajstić information content (AvgIpc) is 2.78. The normalized spacial score (nSPS) is 11.5.